The third-order valence-corrected chi connectivity index (χ3v) is 5.08. The molecule has 0 bridgehead atoms. The van der Waals surface area contributed by atoms with E-state index in [-0.39, 0.29) is 17.5 Å². The van der Waals surface area contributed by atoms with E-state index < -0.39 is 0 Å². The molecule has 3 rings (SSSR count). The number of hydrogen-bond donors (Lipinski definition) is 1. The summed E-state index contributed by atoms with van der Waals surface area (Å²) in [5, 5.41) is 10.7. The second-order valence-electron chi connectivity index (χ2n) is 6.08. The van der Waals surface area contributed by atoms with E-state index in [2.05, 4.69) is 4.90 Å². The molecule has 0 radical (unpaired) electrons. The van der Waals surface area contributed by atoms with E-state index in [0.29, 0.717) is 11.6 Å². The molecule has 2 saturated heterocycles. The quantitative estimate of drug-likeness (QED) is 0.911. The van der Waals surface area contributed by atoms with Crippen molar-refractivity contribution in [2.75, 3.05) is 19.7 Å². The van der Waals surface area contributed by atoms with Crippen LogP contribution in [0, 0.1) is 5.82 Å². The van der Waals surface area contributed by atoms with Gasteiger partial charge in [0.2, 0.25) is 0 Å². The van der Waals surface area contributed by atoms with Gasteiger partial charge < -0.3 is 9.84 Å². The van der Waals surface area contributed by atoms with E-state index in [4.69, 9.17) is 16.3 Å². The maximum Gasteiger partial charge on any atom is 0.124 e. The Balaban J connectivity index is 1.61. The molecule has 2 aliphatic rings. The maximum absolute atomic E-state index is 13.1. The van der Waals surface area contributed by atoms with Crippen LogP contribution in [0.5, 0.6) is 0 Å². The predicted octanol–water partition coefficient (Wildman–Crippen LogP) is 2.99. The predicted molar refractivity (Wildman–Crippen MR) is 79.8 cm³/mol. The van der Waals surface area contributed by atoms with Gasteiger partial charge in [-0.05, 0) is 43.4 Å². The van der Waals surface area contributed by atoms with E-state index in [9.17, 15) is 9.50 Å². The van der Waals surface area contributed by atoms with E-state index in [1.807, 2.05) is 0 Å². The highest BCUT2D eigenvalue weighted by Gasteiger charge is 2.43. The summed E-state index contributed by atoms with van der Waals surface area (Å²) < 4.78 is 19.0. The number of aliphatic hydroxyl groups is 1. The zero-order chi connectivity index (χ0) is 14.9. The normalized spacial score (nSPS) is 26.1. The second-order valence-corrected chi connectivity index (χ2v) is 6.49. The Morgan fingerprint density at radius 2 is 2.14 bits per heavy atom. The Kier molecular flexibility index (Phi) is 4.50. The number of piperidine rings is 1. The van der Waals surface area contributed by atoms with E-state index in [1.165, 1.54) is 12.1 Å². The van der Waals surface area contributed by atoms with Crippen LogP contribution in [0.1, 0.15) is 31.2 Å². The minimum atomic E-state index is -0.346. The van der Waals surface area contributed by atoms with Crippen molar-refractivity contribution in [3.05, 3.63) is 34.6 Å². The van der Waals surface area contributed by atoms with Crippen molar-refractivity contribution in [1.82, 2.24) is 4.90 Å². The number of rotatable bonds is 2. The minimum Gasteiger partial charge on any atom is -0.390 e. The van der Waals surface area contributed by atoms with Gasteiger partial charge in [0.15, 0.2) is 0 Å². The first-order chi connectivity index (χ1) is 10.1. The smallest absolute Gasteiger partial charge is 0.124 e. The minimum absolute atomic E-state index is 0.305. The molecular weight excluding hydrogens is 293 g/mol. The average Bonchev–Trinajstić information content (AvgIpc) is 2.47. The van der Waals surface area contributed by atoms with Gasteiger partial charge in [-0.1, -0.05) is 17.7 Å². The van der Waals surface area contributed by atoms with Gasteiger partial charge in [-0.3, -0.25) is 4.90 Å². The molecule has 2 heterocycles. The fraction of sp³-hybridized carbons (Fsp3) is 0.625. The van der Waals surface area contributed by atoms with Crippen LogP contribution in [0.25, 0.3) is 0 Å². The first-order valence-electron chi connectivity index (χ1n) is 7.57. The first kappa shape index (κ1) is 15.2. The lowest BCUT2D eigenvalue weighted by Gasteiger charge is -2.46. The van der Waals surface area contributed by atoms with E-state index >= 15 is 0 Å². The summed E-state index contributed by atoms with van der Waals surface area (Å²) in [4.78, 5) is 2.29. The zero-order valence-corrected chi connectivity index (χ0v) is 12.8. The van der Waals surface area contributed by atoms with Gasteiger partial charge in [-0.15, -0.1) is 0 Å². The molecule has 1 spiro atoms. The molecule has 2 aliphatic heterocycles. The SMILES string of the molecule is O[C@H]1CCCOC12CCN(Cc1ccc(F)cc1Cl)CC2. The highest BCUT2D eigenvalue weighted by molar-refractivity contribution is 6.31. The van der Waals surface area contributed by atoms with Crippen LogP contribution in [0.15, 0.2) is 18.2 Å². The number of ether oxygens (including phenoxy) is 1. The number of nitrogens with zero attached hydrogens (tertiary/aromatic N) is 1. The summed E-state index contributed by atoms with van der Waals surface area (Å²) in [6, 6.07) is 4.55. The number of hydrogen-bond acceptors (Lipinski definition) is 3. The Bertz CT molecular complexity index is 503. The molecule has 3 nitrogen and oxygen atoms in total. The first-order valence-corrected chi connectivity index (χ1v) is 7.95. The van der Waals surface area contributed by atoms with Crippen molar-refractivity contribution in [3.8, 4) is 0 Å². The molecule has 0 aromatic heterocycles. The van der Waals surface area contributed by atoms with Crippen LogP contribution >= 0.6 is 11.6 Å². The van der Waals surface area contributed by atoms with Gasteiger partial charge >= 0.3 is 0 Å². The van der Waals surface area contributed by atoms with Crippen molar-refractivity contribution in [2.45, 2.75) is 43.9 Å². The molecule has 1 aromatic carbocycles. The highest BCUT2D eigenvalue weighted by atomic mass is 35.5. The lowest BCUT2D eigenvalue weighted by molar-refractivity contribution is -0.177. The number of aliphatic hydroxyl groups excluding tert-OH is 1. The molecule has 1 N–H and O–H groups in total. The summed E-state index contributed by atoms with van der Waals surface area (Å²) in [6.07, 6.45) is 3.12. The summed E-state index contributed by atoms with van der Waals surface area (Å²) in [6.45, 7) is 3.20. The molecule has 1 aromatic rings. The van der Waals surface area contributed by atoms with Crippen molar-refractivity contribution in [1.29, 1.82) is 0 Å². The molecule has 0 unspecified atom stereocenters. The number of halogens is 2. The van der Waals surface area contributed by atoms with Gasteiger partial charge in [-0.2, -0.15) is 0 Å². The van der Waals surface area contributed by atoms with Crippen LogP contribution in [-0.2, 0) is 11.3 Å². The summed E-state index contributed by atoms with van der Waals surface area (Å²) >= 11 is 6.08. The van der Waals surface area contributed by atoms with Crippen molar-refractivity contribution >= 4 is 11.6 Å². The van der Waals surface area contributed by atoms with Crippen molar-refractivity contribution in [2.24, 2.45) is 0 Å². The molecule has 0 saturated carbocycles. The van der Waals surface area contributed by atoms with Gasteiger partial charge in [0.05, 0.1) is 11.7 Å². The van der Waals surface area contributed by atoms with Crippen LogP contribution in [0.3, 0.4) is 0 Å². The second kappa shape index (κ2) is 6.21. The zero-order valence-electron chi connectivity index (χ0n) is 12.0. The largest absolute Gasteiger partial charge is 0.390 e. The van der Waals surface area contributed by atoms with E-state index in [0.717, 1.165) is 50.9 Å². The molecular formula is C16H21ClFNO2. The van der Waals surface area contributed by atoms with Crippen LogP contribution < -0.4 is 0 Å². The Hall–Kier alpha value is -0.680. The van der Waals surface area contributed by atoms with Gasteiger partial charge in [-0.25, -0.2) is 4.39 Å². The molecule has 2 fully saturated rings. The summed E-state index contributed by atoms with van der Waals surface area (Å²) in [7, 11) is 0. The Labute approximate surface area is 129 Å². The lowest BCUT2D eigenvalue weighted by Crippen LogP contribution is -2.55. The fourth-order valence-electron chi connectivity index (χ4n) is 3.37. The Morgan fingerprint density at radius 1 is 1.38 bits per heavy atom. The van der Waals surface area contributed by atoms with Crippen LogP contribution in [-0.4, -0.2) is 41.4 Å². The third kappa shape index (κ3) is 3.24. The molecule has 116 valence electrons. The number of likely N-dealkylation sites (tertiary alicyclic amines) is 1. The summed E-state index contributed by atoms with van der Waals surface area (Å²) in [5.41, 5.74) is 0.598. The Morgan fingerprint density at radius 3 is 2.81 bits per heavy atom. The molecule has 5 heteroatoms. The molecule has 0 amide bonds. The third-order valence-electron chi connectivity index (χ3n) is 4.73. The highest BCUT2D eigenvalue weighted by Crippen LogP contribution is 2.35. The average molecular weight is 314 g/mol. The van der Waals surface area contributed by atoms with Gasteiger partial charge in [0.1, 0.15) is 5.82 Å². The number of benzene rings is 1. The topological polar surface area (TPSA) is 32.7 Å². The van der Waals surface area contributed by atoms with Crippen LogP contribution in [0.2, 0.25) is 5.02 Å². The molecule has 0 aliphatic carbocycles. The standard InChI is InChI=1S/C16H21ClFNO2/c17-14-10-13(18)4-3-12(14)11-19-7-5-16(6-8-19)15(20)2-1-9-21-16/h3-4,10,15,20H,1-2,5-9,11H2/t15-/m0/s1. The fourth-order valence-corrected chi connectivity index (χ4v) is 3.60. The van der Waals surface area contributed by atoms with Gasteiger partial charge in [0, 0.05) is 31.3 Å². The maximum atomic E-state index is 13.1. The van der Waals surface area contributed by atoms with Crippen molar-refractivity contribution < 1.29 is 14.2 Å². The lowest BCUT2D eigenvalue weighted by atomic mass is 9.82. The summed E-state index contributed by atoms with van der Waals surface area (Å²) in [5.74, 6) is -0.305. The van der Waals surface area contributed by atoms with Crippen molar-refractivity contribution in [3.63, 3.8) is 0 Å². The monoisotopic (exact) mass is 313 g/mol. The van der Waals surface area contributed by atoms with Gasteiger partial charge in [0.25, 0.3) is 0 Å². The molecule has 1 atom stereocenters. The molecule has 21 heavy (non-hydrogen) atoms. The van der Waals surface area contributed by atoms with Crippen LogP contribution in [0.4, 0.5) is 4.39 Å². The van der Waals surface area contributed by atoms with E-state index in [1.54, 1.807) is 6.07 Å².